The van der Waals surface area contributed by atoms with E-state index in [9.17, 15) is 12.8 Å². The molecular weight excluding hydrogens is 277 g/mol. The maximum atomic E-state index is 13.6. The first-order chi connectivity index (χ1) is 8.47. The summed E-state index contributed by atoms with van der Waals surface area (Å²) in [5.41, 5.74) is 0.776. The molecule has 3 nitrogen and oxygen atoms in total. The van der Waals surface area contributed by atoms with Gasteiger partial charge in [0, 0.05) is 17.2 Å². The molecule has 6 heteroatoms. The van der Waals surface area contributed by atoms with Crippen LogP contribution in [0.2, 0.25) is 0 Å². The van der Waals surface area contributed by atoms with Crippen LogP contribution in [0.3, 0.4) is 0 Å². The Morgan fingerprint density at radius 1 is 1.22 bits per heavy atom. The third kappa shape index (κ3) is 3.43. The van der Waals surface area contributed by atoms with Crippen LogP contribution < -0.4 is 0 Å². The molecule has 0 N–H and O–H groups in total. The molecule has 0 radical (unpaired) electrons. The Labute approximate surface area is 111 Å². The van der Waals surface area contributed by atoms with Crippen LogP contribution in [0, 0.1) is 5.82 Å². The maximum Gasteiger partial charge on any atom is 0.264 e. The highest BCUT2D eigenvalue weighted by Gasteiger charge is 2.17. The number of halogens is 2. The zero-order valence-corrected chi connectivity index (χ0v) is 11.5. The number of rotatable bonds is 3. The smallest absolute Gasteiger partial charge is 0.264 e. The predicted octanol–water partition coefficient (Wildman–Crippen LogP) is 2.74. The van der Waals surface area contributed by atoms with Crippen molar-refractivity contribution in [3.63, 3.8) is 0 Å². The summed E-state index contributed by atoms with van der Waals surface area (Å²) in [6.07, 6.45) is 3.57. The summed E-state index contributed by atoms with van der Waals surface area (Å²) < 4.78 is 35.8. The first-order valence-electron chi connectivity index (χ1n) is 5.92. The molecule has 100 valence electrons. The molecule has 18 heavy (non-hydrogen) atoms. The van der Waals surface area contributed by atoms with Crippen LogP contribution in [0.4, 0.5) is 4.39 Å². The van der Waals surface area contributed by atoms with Crippen LogP contribution in [0.1, 0.15) is 24.8 Å². The van der Waals surface area contributed by atoms with Crippen LogP contribution in [-0.2, 0) is 15.6 Å². The Bertz CT molecular complexity index is 527. The summed E-state index contributed by atoms with van der Waals surface area (Å²) in [6.45, 7) is 2.67. The van der Waals surface area contributed by atoms with E-state index >= 15 is 0 Å². The molecule has 0 atom stereocenters. The number of piperidine rings is 1. The average molecular weight is 292 g/mol. The molecule has 0 unspecified atom stereocenters. The van der Waals surface area contributed by atoms with E-state index in [1.165, 1.54) is 18.6 Å². The van der Waals surface area contributed by atoms with Crippen molar-refractivity contribution in [1.82, 2.24) is 4.90 Å². The van der Waals surface area contributed by atoms with E-state index in [1.54, 1.807) is 6.07 Å². The van der Waals surface area contributed by atoms with E-state index in [-0.39, 0.29) is 0 Å². The number of hydrogen-bond acceptors (Lipinski definition) is 3. The van der Waals surface area contributed by atoms with Gasteiger partial charge in [0.1, 0.15) is 10.7 Å². The molecule has 0 aromatic heterocycles. The van der Waals surface area contributed by atoms with Gasteiger partial charge in [0.15, 0.2) is 0 Å². The molecule has 1 aliphatic rings. The molecule has 0 aliphatic carbocycles. The van der Waals surface area contributed by atoms with Gasteiger partial charge in [-0.05, 0) is 43.6 Å². The highest BCUT2D eigenvalue weighted by Crippen LogP contribution is 2.21. The topological polar surface area (TPSA) is 37.4 Å². The third-order valence-electron chi connectivity index (χ3n) is 3.11. The third-order valence-corrected chi connectivity index (χ3v) is 4.47. The van der Waals surface area contributed by atoms with Crippen molar-refractivity contribution in [2.75, 3.05) is 13.1 Å². The second kappa shape index (κ2) is 5.55. The van der Waals surface area contributed by atoms with Crippen LogP contribution in [0.5, 0.6) is 0 Å². The lowest BCUT2D eigenvalue weighted by atomic mass is 10.1. The normalized spacial score (nSPS) is 17.9. The quantitative estimate of drug-likeness (QED) is 0.804. The van der Waals surface area contributed by atoms with Crippen molar-refractivity contribution in [3.8, 4) is 0 Å². The van der Waals surface area contributed by atoms with Gasteiger partial charge in [-0.3, -0.25) is 4.90 Å². The Hall–Kier alpha value is -0.650. The molecule has 1 saturated heterocycles. The number of hydrogen-bond donors (Lipinski definition) is 0. The van der Waals surface area contributed by atoms with Gasteiger partial charge < -0.3 is 0 Å². The largest absolute Gasteiger partial charge is 0.299 e. The maximum absolute atomic E-state index is 13.6. The van der Waals surface area contributed by atoms with Crippen molar-refractivity contribution in [2.45, 2.75) is 30.7 Å². The summed E-state index contributed by atoms with van der Waals surface area (Å²) in [6, 6.07) is 4.10. The summed E-state index contributed by atoms with van der Waals surface area (Å²) in [5.74, 6) is -0.778. The van der Waals surface area contributed by atoms with Gasteiger partial charge in [0.2, 0.25) is 0 Å². The van der Waals surface area contributed by atoms with Gasteiger partial charge in [-0.2, -0.15) is 0 Å². The molecule has 1 aromatic rings. The second-order valence-electron chi connectivity index (χ2n) is 4.54. The van der Waals surface area contributed by atoms with Crippen molar-refractivity contribution in [3.05, 3.63) is 29.6 Å². The lowest BCUT2D eigenvalue weighted by molar-refractivity contribution is 0.220. The van der Waals surface area contributed by atoms with Crippen LogP contribution in [-0.4, -0.2) is 26.4 Å². The van der Waals surface area contributed by atoms with E-state index in [0.29, 0.717) is 6.54 Å². The zero-order valence-electron chi connectivity index (χ0n) is 9.90. The molecule has 0 amide bonds. The Kier molecular flexibility index (Phi) is 4.25. The lowest BCUT2D eigenvalue weighted by Gasteiger charge is -2.26. The summed E-state index contributed by atoms with van der Waals surface area (Å²) in [5, 5.41) is 0. The van der Waals surface area contributed by atoms with Crippen molar-refractivity contribution in [1.29, 1.82) is 0 Å². The fraction of sp³-hybridized carbons (Fsp3) is 0.500. The Morgan fingerprint density at radius 2 is 1.89 bits per heavy atom. The average Bonchev–Trinajstić information content (AvgIpc) is 2.28. The van der Waals surface area contributed by atoms with Crippen molar-refractivity contribution < 1.29 is 12.8 Å². The highest BCUT2D eigenvalue weighted by molar-refractivity contribution is 8.13. The lowest BCUT2D eigenvalue weighted by Crippen LogP contribution is -2.29. The standard InChI is InChI=1S/C12H15ClFNO2S/c13-18(16,17)12-5-4-10(8-11(12)14)9-15-6-2-1-3-7-15/h4-5,8H,1-3,6-7,9H2. The summed E-state index contributed by atoms with van der Waals surface area (Å²) in [4.78, 5) is 1.79. The summed E-state index contributed by atoms with van der Waals surface area (Å²) >= 11 is 0. The first-order valence-corrected chi connectivity index (χ1v) is 8.23. The monoisotopic (exact) mass is 291 g/mol. The van der Waals surface area contributed by atoms with E-state index in [2.05, 4.69) is 4.90 Å². The fourth-order valence-electron chi connectivity index (χ4n) is 2.22. The number of likely N-dealkylation sites (tertiary alicyclic amines) is 1. The molecule has 0 spiro atoms. The van der Waals surface area contributed by atoms with Gasteiger partial charge in [0.05, 0.1) is 0 Å². The minimum Gasteiger partial charge on any atom is -0.299 e. The van der Waals surface area contributed by atoms with Crippen LogP contribution in [0.25, 0.3) is 0 Å². The number of nitrogens with zero attached hydrogens (tertiary/aromatic N) is 1. The minimum absolute atomic E-state index is 0.452. The molecule has 2 rings (SSSR count). The van der Waals surface area contributed by atoms with Gasteiger partial charge in [0.25, 0.3) is 9.05 Å². The van der Waals surface area contributed by atoms with Crippen LogP contribution in [0.15, 0.2) is 23.1 Å². The second-order valence-corrected chi connectivity index (χ2v) is 7.07. The zero-order chi connectivity index (χ0) is 13.2. The van der Waals surface area contributed by atoms with Gasteiger partial charge in [-0.1, -0.05) is 12.5 Å². The first kappa shape index (κ1) is 13.8. The molecule has 0 bridgehead atoms. The van der Waals surface area contributed by atoms with Gasteiger partial charge in [-0.25, -0.2) is 12.8 Å². The van der Waals surface area contributed by atoms with Crippen molar-refractivity contribution in [2.24, 2.45) is 0 Å². The fourth-order valence-corrected chi connectivity index (χ4v) is 3.11. The van der Waals surface area contributed by atoms with Gasteiger partial charge >= 0.3 is 0 Å². The predicted molar refractivity (Wildman–Crippen MR) is 68.6 cm³/mol. The Morgan fingerprint density at radius 3 is 2.44 bits per heavy atom. The molecular formula is C12H15ClFNO2S. The van der Waals surface area contributed by atoms with Crippen molar-refractivity contribution >= 4 is 19.7 Å². The molecule has 1 aliphatic heterocycles. The van der Waals surface area contributed by atoms with Gasteiger partial charge in [-0.15, -0.1) is 0 Å². The molecule has 1 fully saturated rings. The minimum atomic E-state index is -4.00. The molecule has 0 saturated carbocycles. The van der Waals surface area contributed by atoms with E-state index in [4.69, 9.17) is 10.7 Å². The SMILES string of the molecule is O=S(=O)(Cl)c1ccc(CN2CCCCC2)cc1F. The van der Waals surface area contributed by atoms with Crippen LogP contribution >= 0.6 is 10.7 Å². The highest BCUT2D eigenvalue weighted by atomic mass is 35.7. The van der Waals surface area contributed by atoms with E-state index < -0.39 is 19.8 Å². The Balaban J connectivity index is 2.13. The molecule has 1 aromatic carbocycles. The molecule has 1 heterocycles. The summed E-state index contributed by atoms with van der Waals surface area (Å²) in [7, 11) is 1.13. The number of benzene rings is 1. The van der Waals surface area contributed by atoms with E-state index in [1.807, 2.05) is 0 Å². The van der Waals surface area contributed by atoms with E-state index in [0.717, 1.165) is 31.5 Å².